The molecule has 3 rings (SSSR count). The van der Waals surface area contributed by atoms with Gasteiger partial charge in [-0.2, -0.15) is 0 Å². The van der Waals surface area contributed by atoms with Crippen LogP contribution in [0.25, 0.3) is 0 Å². The molecule has 1 aliphatic rings. The zero-order valence-electron chi connectivity index (χ0n) is 18.6. The minimum atomic E-state index is 0.549. The highest BCUT2D eigenvalue weighted by molar-refractivity contribution is 5.79. The Balaban J connectivity index is 1.42. The van der Waals surface area contributed by atoms with Crippen LogP contribution in [0.4, 0.5) is 0 Å². The number of nitrogens with zero attached hydrogens (tertiary/aromatic N) is 2. The highest BCUT2D eigenvalue weighted by atomic mass is 16.5. The largest absolute Gasteiger partial charge is 0.497 e. The summed E-state index contributed by atoms with van der Waals surface area (Å²) in [5.74, 6) is 2.43. The van der Waals surface area contributed by atoms with Gasteiger partial charge >= 0.3 is 0 Å². The van der Waals surface area contributed by atoms with E-state index in [-0.39, 0.29) is 0 Å². The molecular weight excluding hydrogens is 392 g/mol. The molecule has 1 saturated heterocycles. The third-order valence-electron chi connectivity index (χ3n) is 5.02. The maximum atomic E-state index is 5.76. The van der Waals surface area contributed by atoms with E-state index in [0.29, 0.717) is 19.7 Å². The molecule has 0 amide bonds. The lowest BCUT2D eigenvalue weighted by Crippen LogP contribution is -2.39. The smallest absolute Gasteiger partial charge is 0.191 e. The molecule has 1 heterocycles. The third-order valence-corrected chi connectivity index (χ3v) is 5.02. The molecule has 0 spiro atoms. The summed E-state index contributed by atoms with van der Waals surface area (Å²) >= 11 is 0. The SMILES string of the molecule is CCNC(=NCc1ccc(CN2CCOCC2)cc1)NCCOc1ccc(OC)cc1. The number of hydrogen-bond acceptors (Lipinski definition) is 5. The van der Waals surface area contributed by atoms with Crippen LogP contribution in [0.5, 0.6) is 11.5 Å². The number of nitrogens with one attached hydrogen (secondary N) is 2. The number of rotatable bonds is 10. The molecule has 0 saturated carbocycles. The van der Waals surface area contributed by atoms with Gasteiger partial charge in [-0.15, -0.1) is 0 Å². The van der Waals surface area contributed by atoms with E-state index in [0.717, 1.165) is 56.9 Å². The van der Waals surface area contributed by atoms with Crippen LogP contribution in [0.2, 0.25) is 0 Å². The molecule has 0 aliphatic carbocycles. The van der Waals surface area contributed by atoms with Crippen LogP contribution < -0.4 is 20.1 Å². The average Bonchev–Trinajstić information content (AvgIpc) is 2.82. The van der Waals surface area contributed by atoms with Gasteiger partial charge < -0.3 is 24.8 Å². The number of ether oxygens (including phenoxy) is 3. The highest BCUT2D eigenvalue weighted by Crippen LogP contribution is 2.16. The molecule has 0 atom stereocenters. The maximum Gasteiger partial charge on any atom is 0.191 e. The van der Waals surface area contributed by atoms with Crippen molar-refractivity contribution < 1.29 is 14.2 Å². The molecule has 0 unspecified atom stereocenters. The lowest BCUT2D eigenvalue weighted by atomic mass is 10.1. The molecule has 0 bridgehead atoms. The van der Waals surface area contributed by atoms with E-state index in [2.05, 4.69) is 46.7 Å². The molecule has 0 aromatic heterocycles. The van der Waals surface area contributed by atoms with E-state index in [1.807, 2.05) is 24.3 Å². The number of benzene rings is 2. The van der Waals surface area contributed by atoms with E-state index in [1.54, 1.807) is 7.11 Å². The van der Waals surface area contributed by atoms with Crippen molar-refractivity contribution in [2.45, 2.75) is 20.0 Å². The Hall–Kier alpha value is -2.77. The van der Waals surface area contributed by atoms with Crippen LogP contribution in [0.15, 0.2) is 53.5 Å². The van der Waals surface area contributed by atoms with Crippen molar-refractivity contribution >= 4 is 5.96 Å². The summed E-state index contributed by atoms with van der Waals surface area (Å²) in [5, 5.41) is 6.60. The van der Waals surface area contributed by atoms with Crippen molar-refractivity contribution in [2.75, 3.05) is 53.1 Å². The molecule has 0 radical (unpaired) electrons. The fourth-order valence-corrected chi connectivity index (χ4v) is 3.29. The number of morpholine rings is 1. The number of hydrogen-bond donors (Lipinski definition) is 2. The van der Waals surface area contributed by atoms with Crippen molar-refractivity contribution in [1.82, 2.24) is 15.5 Å². The minimum Gasteiger partial charge on any atom is -0.497 e. The Kier molecular flexibility index (Phi) is 9.47. The standard InChI is InChI=1S/C24H34N4O3/c1-3-25-24(26-12-15-31-23-10-8-22(29-2)9-11-23)27-18-20-4-6-21(7-5-20)19-28-13-16-30-17-14-28/h4-11H,3,12-19H2,1-2H3,(H2,25,26,27). The quantitative estimate of drug-likeness (QED) is 0.346. The van der Waals surface area contributed by atoms with Crippen LogP contribution in [0, 0.1) is 0 Å². The molecule has 7 heteroatoms. The van der Waals surface area contributed by atoms with E-state index < -0.39 is 0 Å². The summed E-state index contributed by atoms with van der Waals surface area (Å²) in [4.78, 5) is 7.12. The van der Waals surface area contributed by atoms with Crippen LogP contribution in [-0.4, -0.2) is 64.0 Å². The van der Waals surface area contributed by atoms with E-state index >= 15 is 0 Å². The predicted octanol–water partition coefficient (Wildman–Crippen LogP) is 2.66. The van der Waals surface area contributed by atoms with E-state index in [9.17, 15) is 0 Å². The van der Waals surface area contributed by atoms with E-state index in [1.165, 1.54) is 11.1 Å². The summed E-state index contributed by atoms with van der Waals surface area (Å²) in [5.41, 5.74) is 2.52. The summed E-state index contributed by atoms with van der Waals surface area (Å²) < 4.78 is 16.3. The molecule has 1 aliphatic heterocycles. The zero-order chi connectivity index (χ0) is 21.7. The number of guanidine groups is 1. The predicted molar refractivity (Wildman–Crippen MR) is 124 cm³/mol. The second-order valence-electron chi connectivity index (χ2n) is 7.35. The van der Waals surface area contributed by atoms with Gasteiger partial charge in [0.05, 0.1) is 33.4 Å². The molecule has 168 valence electrons. The van der Waals surface area contributed by atoms with Crippen LogP contribution in [0.3, 0.4) is 0 Å². The van der Waals surface area contributed by atoms with E-state index in [4.69, 9.17) is 19.2 Å². The van der Waals surface area contributed by atoms with Crippen molar-refractivity contribution in [2.24, 2.45) is 4.99 Å². The Morgan fingerprint density at radius 3 is 2.32 bits per heavy atom. The summed E-state index contributed by atoms with van der Waals surface area (Å²) in [7, 11) is 1.65. The topological polar surface area (TPSA) is 67.4 Å². The van der Waals surface area contributed by atoms with Crippen molar-refractivity contribution in [3.05, 3.63) is 59.7 Å². The van der Waals surface area contributed by atoms with Gasteiger partial charge in [0.1, 0.15) is 18.1 Å². The second kappa shape index (κ2) is 12.8. The van der Waals surface area contributed by atoms with Gasteiger partial charge in [-0.3, -0.25) is 4.90 Å². The van der Waals surface area contributed by atoms with Crippen LogP contribution in [-0.2, 0) is 17.8 Å². The van der Waals surface area contributed by atoms with Gasteiger partial charge in [0.25, 0.3) is 0 Å². The summed E-state index contributed by atoms with van der Waals surface area (Å²) in [6.07, 6.45) is 0. The molecular formula is C24H34N4O3. The molecule has 7 nitrogen and oxygen atoms in total. The van der Waals surface area contributed by atoms with Gasteiger partial charge in [-0.1, -0.05) is 24.3 Å². The van der Waals surface area contributed by atoms with Crippen LogP contribution >= 0.6 is 0 Å². The highest BCUT2D eigenvalue weighted by Gasteiger charge is 2.10. The first-order valence-corrected chi connectivity index (χ1v) is 10.9. The second-order valence-corrected chi connectivity index (χ2v) is 7.35. The van der Waals surface area contributed by atoms with Gasteiger partial charge in [-0.05, 0) is 42.3 Å². The first-order chi connectivity index (χ1) is 15.3. The van der Waals surface area contributed by atoms with Crippen LogP contribution in [0.1, 0.15) is 18.1 Å². The first kappa shape index (κ1) is 22.9. The number of methoxy groups -OCH3 is 1. The maximum absolute atomic E-state index is 5.76. The Bertz CT molecular complexity index is 787. The zero-order valence-corrected chi connectivity index (χ0v) is 18.6. The number of aliphatic imine (C=N–C) groups is 1. The van der Waals surface area contributed by atoms with Gasteiger partial charge in [-0.25, -0.2) is 4.99 Å². The fourth-order valence-electron chi connectivity index (χ4n) is 3.29. The minimum absolute atomic E-state index is 0.549. The van der Waals surface area contributed by atoms with Crippen molar-refractivity contribution in [3.8, 4) is 11.5 Å². The molecule has 2 aromatic rings. The summed E-state index contributed by atoms with van der Waals surface area (Å²) in [6.45, 7) is 9.37. The Labute approximate surface area is 185 Å². The molecule has 1 fully saturated rings. The van der Waals surface area contributed by atoms with Gasteiger partial charge in [0, 0.05) is 26.2 Å². The molecule has 2 aromatic carbocycles. The normalized spacial score (nSPS) is 14.8. The van der Waals surface area contributed by atoms with Gasteiger partial charge in [0.15, 0.2) is 5.96 Å². The van der Waals surface area contributed by atoms with Crippen molar-refractivity contribution in [1.29, 1.82) is 0 Å². The third kappa shape index (κ3) is 8.11. The molecule has 2 N–H and O–H groups in total. The fraction of sp³-hybridized carbons (Fsp3) is 0.458. The van der Waals surface area contributed by atoms with Crippen molar-refractivity contribution in [3.63, 3.8) is 0 Å². The monoisotopic (exact) mass is 426 g/mol. The first-order valence-electron chi connectivity index (χ1n) is 10.9. The Morgan fingerprint density at radius 2 is 1.65 bits per heavy atom. The van der Waals surface area contributed by atoms with Gasteiger partial charge in [0.2, 0.25) is 0 Å². The lowest BCUT2D eigenvalue weighted by molar-refractivity contribution is 0.0342. The average molecular weight is 427 g/mol. The molecule has 31 heavy (non-hydrogen) atoms. The summed E-state index contributed by atoms with van der Waals surface area (Å²) in [6, 6.07) is 16.3. The Morgan fingerprint density at radius 1 is 0.968 bits per heavy atom. The lowest BCUT2D eigenvalue weighted by Gasteiger charge is -2.26.